The zero-order valence-corrected chi connectivity index (χ0v) is 23.1. The van der Waals surface area contributed by atoms with E-state index in [0.29, 0.717) is 4.91 Å². The molecule has 0 spiro atoms. The van der Waals surface area contributed by atoms with Crippen molar-refractivity contribution in [3.63, 3.8) is 0 Å². The maximum atomic E-state index is 12.3. The van der Waals surface area contributed by atoms with Crippen molar-refractivity contribution in [2.24, 2.45) is 0 Å². The highest BCUT2D eigenvalue weighted by Crippen LogP contribution is 2.36. The molecule has 0 unspecified atom stereocenters. The van der Waals surface area contributed by atoms with Gasteiger partial charge in [0.1, 0.15) is 10.9 Å². The van der Waals surface area contributed by atoms with E-state index in [-0.39, 0.29) is 10.2 Å². The van der Waals surface area contributed by atoms with Gasteiger partial charge in [0, 0.05) is 17.1 Å². The Morgan fingerprint density at radius 3 is 2.32 bits per heavy atom. The lowest BCUT2D eigenvalue weighted by Crippen LogP contribution is -2.33. The van der Waals surface area contributed by atoms with Crippen molar-refractivity contribution in [2.75, 3.05) is 11.4 Å². The molecule has 1 aliphatic heterocycles. The summed E-state index contributed by atoms with van der Waals surface area (Å²) in [5.74, 6) is -1.48. The van der Waals surface area contributed by atoms with Crippen LogP contribution >= 0.6 is 24.0 Å². The Morgan fingerprint density at radius 2 is 1.63 bits per heavy atom. The van der Waals surface area contributed by atoms with Crippen LogP contribution in [0.15, 0.2) is 95.9 Å². The van der Waals surface area contributed by atoms with Crippen LogP contribution in [0.1, 0.15) is 22.3 Å². The van der Waals surface area contributed by atoms with Crippen molar-refractivity contribution >= 4 is 63.3 Å². The van der Waals surface area contributed by atoms with Crippen LogP contribution in [0.5, 0.6) is 0 Å². The number of benzene rings is 3. The molecule has 38 heavy (non-hydrogen) atoms. The summed E-state index contributed by atoms with van der Waals surface area (Å²) in [6, 6.07) is 23.4. The SMILES string of the molecule is Cc1cccc(N(c2ccc(/C=C/C=C/C=C3/SC(=S)N(CC(=O)O)C3=O)cc2)c2ccc(C)c(C)c2)c1. The van der Waals surface area contributed by atoms with Crippen molar-refractivity contribution in [2.45, 2.75) is 20.8 Å². The number of rotatable bonds is 8. The van der Waals surface area contributed by atoms with Gasteiger partial charge in [-0.25, -0.2) is 0 Å². The van der Waals surface area contributed by atoms with Crippen molar-refractivity contribution < 1.29 is 14.7 Å². The van der Waals surface area contributed by atoms with E-state index in [1.54, 1.807) is 12.2 Å². The molecule has 0 radical (unpaired) electrons. The second kappa shape index (κ2) is 12.1. The molecule has 1 N–H and O–H groups in total. The lowest BCUT2D eigenvalue weighted by molar-refractivity contribution is -0.140. The zero-order chi connectivity index (χ0) is 27.2. The van der Waals surface area contributed by atoms with Crippen molar-refractivity contribution in [3.05, 3.63) is 118 Å². The number of carbonyl (C=O) groups excluding carboxylic acids is 1. The van der Waals surface area contributed by atoms with Crippen molar-refractivity contribution in [1.29, 1.82) is 0 Å². The highest BCUT2D eigenvalue weighted by molar-refractivity contribution is 8.26. The van der Waals surface area contributed by atoms with E-state index in [4.69, 9.17) is 17.3 Å². The quantitative estimate of drug-likeness (QED) is 0.182. The number of aliphatic carboxylic acids is 1. The summed E-state index contributed by atoms with van der Waals surface area (Å²) in [6.07, 6.45) is 9.10. The zero-order valence-electron chi connectivity index (χ0n) is 21.4. The average Bonchev–Trinajstić information content (AvgIpc) is 3.14. The first-order chi connectivity index (χ1) is 18.2. The van der Waals surface area contributed by atoms with Gasteiger partial charge < -0.3 is 10.0 Å². The lowest BCUT2D eigenvalue weighted by Gasteiger charge is -2.26. The Morgan fingerprint density at radius 1 is 0.921 bits per heavy atom. The van der Waals surface area contributed by atoms with Crippen LogP contribution < -0.4 is 4.90 Å². The van der Waals surface area contributed by atoms with E-state index in [9.17, 15) is 9.59 Å². The average molecular weight is 541 g/mol. The molecule has 0 aromatic heterocycles. The van der Waals surface area contributed by atoms with Gasteiger partial charge in [0.2, 0.25) is 0 Å². The van der Waals surface area contributed by atoms with Gasteiger partial charge in [-0.2, -0.15) is 0 Å². The normalized spacial score (nSPS) is 14.8. The Labute approximate surface area is 232 Å². The van der Waals surface area contributed by atoms with E-state index in [2.05, 4.69) is 92.4 Å². The molecule has 0 aliphatic carbocycles. The molecular weight excluding hydrogens is 512 g/mol. The number of carboxylic acids is 1. The fourth-order valence-electron chi connectivity index (χ4n) is 3.97. The minimum atomic E-state index is -1.09. The first-order valence-corrected chi connectivity index (χ1v) is 13.3. The first-order valence-electron chi connectivity index (χ1n) is 12.1. The van der Waals surface area contributed by atoms with Crippen molar-refractivity contribution in [3.8, 4) is 0 Å². The third-order valence-corrected chi connectivity index (χ3v) is 7.48. The van der Waals surface area contributed by atoms with Gasteiger partial charge in [-0.1, -0.05) is 78.6 Å². The third kappa shape index (κ3) is 6.49. The number of allylic oxidation sites excluding steroid dienone is 4. The van der Waals surface area contributed by atoms with Crippen LogP contribution in [0.3, 0.4) is 0 Å². The number of thiocarbonyl (C=S) groups is 1. The minimum absolute atomic E-state index is 0.258. The maximum absolute atomic E-state index is 12.3. The smallest absolute Gasteiger partial charge is 0.323 e. The van der Waals surface area contributed by atoms with Gasteiger partial charge in [-0.15, -0.1) is 0 Å². The van der Waals surface area contributed by atoms with E-state index >= 15 is 0 Å². The number of hydrogen-bond donors (Lipinski definition) is 1. The van der Waals surface area contributed by atoms with Crippen molar-refractivity contribution in [1.82, 2.24) is 4.90 Å². The van der Waals surface area contributed by atoms with E-state index in [1.165, 1.54) is 16.7 Å². The van der Waals surface area contributed by atoms with Crippen LogP contribution in [0.4, 0.5) is 17.1 Å². The Kier molecular flexibility index (Phi) is 8.61. The number of anilines is 3. The molecule has 3 aromatic rings. The number of nitrogens with zero attached hydrogens (tertiary/aromatic N) is 2. The number of aryl methyl sites for hydroxylation is 3. The Bertz CT molecular complexity index is 1470. The van der Waals surface area contributed by atoms with Gasteiger partial charge in [-0.3, -0.25) is 14.5 Å². The number of carbonyl (C=O) groups is 2. The van der Waals surface area contributed by atoms with Gasteiger partial charge >= 0.3 is 5.97 Å². The predicted octanol–water partition coefficient (Wildman–Crippen LogP) is 7.48. The highest BCUT2D eigenvalue weighted by atomic mass is 32.2. The van der Waals surface area contributed by atoms with Gasteiger partial charge in [0.05, 0.1) is 4.91 Å². The summed E-state index contributed by atoms with van der Waals surface area (Å²) in [6.45, 7) is 5.93. The number of thioether (sulfide) groups is 1. The third-order valence-electron chi connectivity index (χ3n) is 6.09. The molecule has 3 aromatic carbocycles. The summed E-state index contributed by atoms with van der Waals surface area (Å²) >= 11 is 6.22. The van der Waals surface area contributed by atoms with E-state index in [1.807, 2.05) is 18.2 Å². The number of amides is 1. The summed E-state index contributed by atoms with van der Waals surface area (Å²) in [5, 5.41) is 8.94. The van der Waals surface area contributed by atoms with Crippen LogP contribution in [0.25, 0.3) is 6.08 Å². The molecule has 1 amide bonds. The maximum Gasteiger partial charge on any atom is 0.323 e. The monoisotopic (exact) mass is 540 g/mol. The summed E-state index contributed by atoms with van der Waals surface area (Å²) in [4.78, 5) is 27.0. The van der Waals surface area contributed by atoms with E-state index < -0.39 is 12.5 Å². The Hall–Kier alpha value is -3.94. The summed E-state index contributed by atoms with van der Waals surface area (Å²) in [7, 11) is 0. The number of hydrogen-bond acceptors (Lipinski definition) is 5. The molecule has 192 valence electrons. The minimum Gasteiger partial charge on any atom is -0.480 e. The van der Waals surface area contributed by atoms with Crippen LogP contribution in [-0.4, -0.2) is 32.7 Å². The lowest BCUT2D eigenvalue weighted by atomic mass is 10.1. The topological polar surface area (TPSA) is 60.9 Å². The highest BCUT2D eigenvalue weighted by Gasteiger charge is 2.32. The predicted molar refractivity (Wildman–Crippen MR) is 161 cm³/mol. The summed E-state index contributed by atoms with van der Waals surface area (Å²) in [5.41, 5.74) is 8.03. The second-order valence-electron chi connectivity index (χ2n) is 8.96. The molecule has 0 atom stereocenters. The van der Waals surface area contributed by atoms with E-state index in [0.717, 1.165) is 39.3 Å². The first kappa shape index (κ1) is 27.1. The van der Waals surface area contributed by atoms with Gasteiger partial charge in [-0.05, 0) is 85.5 Å². The molecule has 5 nitrogen and oxygen atoms in total. The fraction of sp³-hybridized carbons (Fsp3) is 0.129. The summed E-state index contributed by atoms with van der Waals surface area (Å²) < 4.78 is 0.258. The fourth-order valence-corrected chi connectivity index (χ4v) is 5.18. The molecule has 1 fully saturated rings. The largest absolute Gasteiger partial charge is 0.480 e. The second-order valence-corrected chi connectivity index (χ2v) is 10.6. The molecule has 1 saturated heterocycles. The van der Waals surface area contributed by atoms with Crippen LogP contribution in [0, 0.1) is 20.8 Å². The molecule has 1 aliphatic rings. The molecule has 1 heterocycles. The molecular formula is C31H28N2O3S2. The molecule has 0 bridgehead atoms. The molecule has 4 rings (SSSR count). The van der Waals surface area contributed by atoms with Gasteiger partial charge in [0.25, 0.3) is 5.91 Å². The van der Waals surface area contributed by atoms with Crippen LogP contribution in [0.2, 0.25) is 0 Å². The molecule has 0 saturated carbocycles. The standard InChI is InChI=1S/C31H28N2O3S2/c1-21-8-7-10-26(18-21)33(27-15-12-22(2)23(3)19-27)25-16-13-24(14-17-25)9-5-4-6-11-28-30(36)32(20-29(34)35)31(37)38-28/h4-19H,20H2,1-3H3,(H,34,35)/b6-4+,9-5+,28-11+. The molecule has 7 heteroatoms. The van der Waals surface area contributed by atoms with Crippen LogP contribution in [-0.2, 0) is 9.59 Å². The van der Waals surface area contributed by atoms with Gasteiger partial charge in [0.15, 0.2) is 0 Å². The Balaban J connectivity index is 1.50. The number of carboxylic acid groups (broad SMARTS) is 1.